The molecule has 1 aliphatic rings. The lowest BCUT2D eigenvalue weighted by Crippen LogP contribution is -2.38. The van der Waals surface area contributed by atoms with Gasteiger partial charge in [0.15, 0.2) is 0 Å². The lowest BCUT2D eigenvalue weighted by molar-refractivity contribution is 0.0964. The molecule has 3 aromatic carbocycles. The second-order valence-electron chi connectivity index (χ2n) is 10.2. The number of anilines is 1. The Morgan fingerprint density at radius 2 is 1.76 bits per heavy atom. The zero-order valence-electron chi connectivity index (χ0n) is 23.0. The van der Waals surface area contributed by atoms with Crippen LogP contribution in [0.3, 0.4) is 0 Å². The van der Waals surface area contributed by atoms with Gasteiger partial charge in [0.2, 0.25) is 20.0 Å². The Morgan fingerprint density at radius 3 is 2.43 bits per heavy atom. The normalized spacial score (nSPS) is 16.6. The summed E-state index contributed by atoms with van der Waals surface area (Å²) in [6.07, 6.45) is 3.71. The number of hydrogen-bond acceptors (Lipinski definition) is 6. The van der Waals surface area contributed by atoms with Crippen molar-refractivity contribution < 1.29 is 30.4 Å². The van der Waals surface area contributed by atoms with Crippen molar-refractivity contribution in [2.24, 2.45) is 0 Å². The highest BCUT2D eigenvalue weighted by molar-refractivity contribution is 7.92. The third-order valence-electron chi connectivity index (χ3n) is 7.13. The third-order valence-corrected chi connectivity index (χ3v) is 9.25. The van der Waals surface area contributed by atoms with Crippen molar-refractivity contribution in [2.45, 2.75) is 18.8 Å². The monoisotopic (exact) mass is 611 g/mol. The molecule has 1 fully saturated rings. The van der Waals surface area contributed by atoms with Crippen molar-refractivity contribution in [1.29, 1.82) is 0 Å². The van der Waals surface area contributed by atoms with Crippen LogP contribution in [0.2, 0.25) is 0 Å². The van der Waals surface area contributed by atoms with Crippen molar-refractivity contribution in [3.05, 3.63) is 94.6 Å². The van der Waals surface area contributed by atoms with Crippen molar-refractivity contribution in [3.63, 3.8) is 0 Å². The molecule has 4 aromatic rings. The molecule has 1 aliphatic heterocycles. The van der Waals surface area contributed by atoms with E-state index in [4.69, 9.17) is 4.42 Å². The first-order valence-electron chi connectivity index (χ1n) is 13.2. The van der Waals surface area contributed by atoms with Crippen LogP contribution in [0.1, 0.15) is 40.2 Å². The maximum absolute atomic E-state index is 13.6. The number of nitrogens with one attached hydrogen (secondary N) is 2. The Kier molecular flexibility index (Phi) is 8.22. The van der Waals surface area contributed by atoms with Gasteiger partial charge in [0.25, 0.3) is 5.91 Å². The highest BCUT2D eigenvalue weighted by Crippen LogP contribution is 2.41. The largest absolute Gasteiger partial charge is 0.455 e. The molecular formula is C30H30FN3O6S2. The Morgan fingerprint density at radius 1 is 1.05 bits per heavy atom. The van der Waals surface area contributed by atoms with Crippen LogP contribution in [-0.2, 0) is 20.0 Å². The first kappa shape index (κ1) is 29.5. The minimum Gasteiger partial charge on any atom is -0.455 e. The molecule has 9 nitrogen and oxygen atoms in total. The quantitative estimate of drug-likeness (QED) is 0.284. The van der Waals surface area contributed by atoms with Crippen molar-refractivity contribution in [2.75, 3.05) is 31.1 Å². The third kappa shape index (κ3) is 6.40. The van der Waals surface area contributed by atoms with Crippen molar-refractivity contribution in [1.82, 2.24) is 9.62 Å². The SMILES string of the molecule is CNC(=O)c1c(-c2ccc(F)cc2)oc2cc(NS(C)(=O)=O)c([C@H]3CCCN(S(=O)(=O)/C=C/c4ccccc4)C3)cc12. The molecular weight excluding hydrogens is 581 g/mol. The number of furan rings is 1. The highest BCUT2D eigenvalue weighted by Gasteiger charge is 2.31. The van der Waals surface area contributed by atoms with Gasteiger partial charge in [0.1, 0.15) is 17.2 Å². The van der Waals surface area contributed by atoms with E-state index in [9.17, 15) is 26.0 Å². The van der Waals surface area contributed by atoms with Crippen LogP contribution in [-0.4, -0.2) is 53.4 Å². The molecule has 42 heavy (non-hydrogen) atoms. The number of carbonyl (C=O) groups is 1. The van der Waals surface area contributed by atoms with Gasteiger partial charge in [-0.2, -0.15) is 4.31 Å². The number of sulfonamides is 2. The van der Waals surface area contributed by atoms with Crippen LogP contribution in [0.5, 0.6) is 0 Å². The Hall–Kier alpha value is -4.00. The van der Waals surface area contributed by atoms with E-state index in [1.165, 1.54) is 47.1 Å². The average Bonchev–Trinajstić information content (AvgIpc) is 3.33. The Balaban J connectivity index is 1.59. The number of amides is 1. The van der Waals surface area contributed by atoms with Gasteiger partial charge in [-0.15, -0.1) is 0 Å². The van der Waals surface area contributed by atoms with E-state index in [1.54, 1.807) is 24.3 Å². The molecule has 0 bridgehead atoms. The van der Waals surface area contributed by atoms with E-state index in [0.29, 0.717) is 35.9 Å². The van der Waals surface area contributed by atoms with E-state index in [0.717, 1.165) is 11.8 Å². The summed E-state index contributed by atoms with van der Waals surface area (Å²) in [5, 5.41) is 4.21. The molecule has 5 rings (SSSR count). The standard InChI is InChI=1S/C30H30FN3O6S2/c1-32-30(35)28-25-17-24(22-9-6-15-34(19-22)42(38,39)16-14-20-7-4-3-5-8-20)26(33-41(2,36)37)18-27(25)40-29(28)21-10-12-23(31)13-11-21/h3-5,7-8,10-14,16-18,22,33H,6,9,15,19H2,1-2H3,(H,32,35)/b16-14+/t22-/m0/s1. The second kappa shape index (κ2) is 11.7. The number of fused-ring (bicyclic) bond motifs is 1. The van der Waals surface area contributed by atoms with Gasteiger partial charge in [-0.3, -0.25) is 9.52 Å². The first-order valence-corrected chi connectivity index (χ1v) is 16.6. The maximum atomic E-state index is 13.6. The van der Waals surface area contributed by atoms with E-state index in [1.807, 2.05) is 18.2 Å². The minimum absolute atomic E-state index is 0.114. The molecule has 1 atom stereocenters. The number of benzene rings is 3. The molecule has 12 heteroatoms. The van der Waals surface area contributed by atoms with Crippen LogP contribution in [0, 0.1) is 5.82 Å². The van der Waals surface area contributed by atoms with Gasteiger partial charge in [0, 0.05) is 42.6 Å². The summed E-state index contributed by atoms with van der Waals surface area (Å²) < 4.78 is 74.8. The molecule has 1 saturated heterocycles. The highest BCUT2D eigenvalue weighted by atomic mass is 32.2. The summed E-state index contributed by atoms with van der Waals surface area (Å²) in [6.45, 7) is 0.433. The van der Waals surface area contributed by atoms with E-state index < -0.39 is 31.8 Å². The molecule has 0 aliphatic carbocycles. The van der Waals surface area contributed by atoms with Gasteiger partial charge in [0.05, 0.1) is 17.5 Å². The van der Waals surface area contributed by atoms with Crippen LogP contribution >= 0.6 is 0 Å². The number of rotatable bonds is 8. The molecule has 0 saturated carbocycles. The lowest BCUT2D eigenvalue weighted by Gasteiger charge is -2.32. The lowest BCUT2D eigenvalue weighted by atomic mass is 9.89. The number of hydrogen-bond donors (Lipinski definition) is 2. The summed E-state index contributed by atoms with van der Waals surface area (Å²) >= 11 is 0. The van der Waals surface area contributed by atoms with Crippen molar-refractivity contribution in [3.8, 4) is 11.3 Å². The van der Waals surface area contributed by atoms with Crippen LogP contribution in [0.4, 0.5) is 10.1 Å². The summed E-state index contributed by atoms with van der Waals surface area (Å²) in [7, 11) is -6.02. The van der Waals surface area contributed by atoms with E-state index in [-0.39, 0.29) is 35.1 Å². The van der Waals surface area contributed by atoms with E-state index >= 15 is 0 Å². The first-order chi connectivity index (χ1) is 19.9. The van der Waals surface area contributed by atoms with Crippen LogP contribution < -0.4 is 10.0 Å². The zero-order valence-corrected chi connectivity index (χ0v) is 24.6. The number of piperidine rings is 1. The molecule has 0 spiro atoms. The molecule has 0 unspecified atom stereocenters. The summed E-state index contributed by atoms with van der Waals surface area (Å²) in [4.78, 5) is 13.1. The fraction of sp³-hybridized carbons (Fsp3) is 0.233. The molecule has 1 aromatic heterocycles. The van der Waals surface area contributed by atoms with Crippen LogP contribution in [0.25, 0.3) is 28.4 Å². The van der Waals surface area contributed by atoms with Crippen LogP contribution in [0.15, 0.2) is 76.6 Å². The Bertz CT molecular complexity index is 1870. The van der Waals surface area contributed by atoms with E-state index in [2.05, 4.69) is 10.0 Å². The maximum Gasteiger partial charge on any atom is 0.255 e. The predicted octanol–water partition coefficient (Wildman–Crippen LogP) is 5.15. The average molecular weight is 612 g/mol. The summed E-state index contributed by atoms with van der Waals surface area (Å²) in [5.41, 5.74) is 2.43. The smallest absolute Gasteiger partial charge is 0.255 e. The van der Waals surface area contributed by atoms with Gasteiger partial charge < -0.3 is 9.73 Å². The minimum atomic E-state index is -3.77. The fourth-order valence-corrected chi connectivity index (χ4v) is 7.03. The molecule has 1 amide bonds. The molecule has 2 N–H and O–H groups in total. The predicted molar refractivity (Wildman–Crippen MR) is 161 cm³/mol. The molecule has 220 valence electrons. The number of halogens is 1. The molecule has 2 heterocycles. The fourth-order valence-electron chi connectivity index (χ4n) is 5.18. The van der Waals surface area contributed by atoms with Gasteiger partial charge in [-0.1, -0.05) is 30.3 Å². The summed E-state index contributed by atoms with van der Waals surface area (Å²) in [6, 6.07) is 17.8. The van der Waals surface area contributed by atoms with Gasteiger partial charge >= 0.3 is 0 Å². The summed E-state index contributed by atoms with van der Waals surface area (Å²) in [5.74, 6) is -1.07. The topological polar surface area (TPSA) is 126 Å². The zero-order chi connectivity index (χ0) is 30.1. The number of nitrogens with zero attached hydrogens (tertiary/aromatic N) is 1. The van der Waals surface area contributed by atoms with Crippen molar-refractivity contribution >= 4 is 48.7 Å². The molecule has 0 radical (unpaired) electrons. The second-order valence-corrected chi connectivity index (χ2v) is 13.7. The Labute approximate surface area is 244 Å². The number of carbonyl (C=O) groups excluding carboxylic acids is 1. The van der Waals surface area contributed by atoms with Gasteiger partial charge in [-0.05, 0) is 66.3 Å². The van der Waals surface area contributed by atoms with Gasteiger partial charge in [-0.25, -0.2) is 21.2 Å².